The molecule has 0 aromatic carbocycles. The molecule has 0 unspecified atom stereocenters. The van der Waals surface area contributed by atoms with Gasteiger partial charge in [-0.3, -0.25) is 4.79 Å². The van der Waals surface area contributed by atoms with Gasteiger partial charge in [-0.05, 0) is 52.6 Å². The highest BCUT2D eigenvalue weighted by molar-refractivity contribution is 6.29. The average molecular weight is 360 g/mol. The van der Waals surface area contributed by atoms with Crippen LogP contribution in [0.5, 0.6) is 0 Å². The molecule has 1 aromatic rings. The van der Waals surface area contributed by atoms with Crippen molar-refractivity contribution in [2.24, 2.45) is 0 Å². The molecule has 0 aliphatic rings. The Balaban J connectivity index is 2.34. The van der Waals surface area contributed by atoms with E-state index in [4.69, 9.17) is 20.9 Å². The first kappa shape index (κ1) is 20.3. The molecule has 7 nitrogen and oxygen atoms in total. The van der Waals surface area contributed by atoms with Gasteiger partial charge in [-0.1, -0.05) is 5.16 Å². The van der Waals surface area contributed by atoms with Gasteiger partial charge in [-0.15, -0.1) is 0 Å². The zero-order valence-electron chi connectivity index (χ0n) is 14.9. The molecular formula is C16H26ClN3O4. The zero-order chi connectivity index (χ0) is 18.3. The first-order chi connectivity index (χ1) is 11.1. The summed E-state index contributed by atoms with van der Waals surface area (Å²) in [5, 5.41) is 6.75. The van der Waals surface area contributed by atoms with E-state index < -0.39 is 5.60 Å². The second kappa shape index (κ2) is 8.92. The van der Waals surface area contributed by atoms with E-state index in [2.05, 4.69) is 10.5 Å². The smallest absolute Gasteiger partial charge is 0.410 e. The zero-order valence-corrected chi connectivity index (χ0v) is 15.7. The lowest BCUT2D eigenvalue weighted by atomic mass is 10.1. The van der Waals surface area contributed by atoms with Crippen LogP contribution in [0.4, 0.5) is 4.79 Å². The fraction of sp³-hybridized carbons (Fsp3) is 0.688. The van der Waals surface area contributed by atoms with E-state index in [1.165, 1.54) is 0 Å². The molecule has 24 heavy (non-hydrogen) atoms. The Hall–Kier alpha value is -1.76. The minimum atomic E-state index is -0.538. The molecular weight excluding hydrogens is 334 g/mol. The third-order valence-corrected chi connectivity index (χ3v) is 3.57. The van der Waals surface area contributed by atoms with Crippen LogP contribution in [0, 0.1) is 6.92 Å². The SMILES string of the molecule is CCN(CCNC(=O)CCc1c(C)noc1Cl)C(=O)OC(C)(C)C. The van der Waals surface area contributed by atoms with E-state index in [0.717, 1.165) is 5.56 Å². The van der Waals surface area contributed by atoms with Crippen molar-refractivity contribution in [3.63, 3.8) is 0 Å². The quantitative estimate of drug-likeness (QED) is 0.809. The fourth-order valence-electron chi connectivity index (χ4n) is 2.00. The van der Waals surface area contributed by atoms with Gasteiger partial charge in [-0.2, -0.15) is 0 Å². The second-order valence-electron chi connectivity index (χ2n) is 6.43. The number of ether oxygens (including phenoxy) is 1. The van der Waals surface area contributed by atoms with Gasteiger partial charge in [0, 0.05) is 31.6 Å². The number of carbonyl (C=O) groups is 2. The van der Waals surface area contributed by atoms with Crippen LogP contribution in [-0.2, 0) is 16.0 Å². The van der Waals surface area contributed by atoms with Gasteiger partial charge < -0.3 is 19.5 Å². The van der Waals surface area contributed by atoms with Gasteiger partial charge in [0.05, 0.1) is 5.69 Å². The summed E-state index contributed by atoms with van der Waals surface area (Å²) in [7, 11) is 0. The van der Waals surface area contributed by atoms with Crippen LogP contribution < -0.4 is 5.32 Å². The Labute approximate surface area is 147 Å². The number of rotatable bonds is 7. The number of nitrogens with zero attached hydrogens (tertiary/aromatic N) is 2. The second-order valence-corrected chi connectivity index (χ2v) is 6.77. The molecule has 1 heterocycles. The Morgan fingerprint density at radius 2 is 2.04 bits per heavy atom. The lowest BCUT2D eigenvalue weighted by molar-refractivity contribution is -0.121. The number of likely N-dealkylation sites (N-methyl/N-ethyl adjacent to an activating group) is 1. The van der Waals surface area contributed by atoms with E-state index in [0.29, 0.717) is 31.7 Å². The summed E-state index contributed by atoms with van der Waals surface area (Å²) < 4.78 is 10.2. The van der Waals surface area contributed by atoms with Crippen molar-refractivity contribution in [1.82, 2.24) is 15.4 Å². The fourth-order valence-corrected chi connectivity index (χ4v) is 2.27. The van der Waals surface area contributed by atoms with Crippen LogP contribution in [0.3, 0.4) is 0 Å². The maximum absolute atomic E-state index is 12.0. The van der Waals surface area contributed by atoms with Gasteiger partial charge in [0.1, 0.15) is 5.60 Å². The average Bonchev–Trinajstić information content (AvgIpc) is 2.78. The molecule has 0 aliphatic carbocycles. The summed E-state index contributed by atoms with van der Waals surface area (Å²) in [6.45, 7) is 10.4. The van der Waals surface area contributed by atoms with E-state index in [1.807, 2.05) is 27.7 Å². The number of hydrogen-bond donors (Lipinski definition) is 1. The molecule has 2 amide bonds. The summed E-state index contributed by atoms with van der Waals surface area (Å²) in [6, 6.07) is 0. The number of aromatic nitrogens is 1. The topological polar surface area (TPSA) is 84.7 Å². The normalized spacial score (nSPS) is 11.2. The molecule has 0 atom stereocenters. The standard InChI is InChI=1S/C16H26ClN3O4/c1-6-20(15(22)23-16(3,4)5)10-9-18-13(21)8-7-12-11(2)19-24-14(12)17/h6-10H2,1-5H3,(H,18,21). The molecule has 8 heteroatoms. The van der Waals surface area contributed by atoms with E-state index in [9.17, 15) is 9.59 Å². The molecule has 1 aromatic heterocycles. The highest BCUT2D eigenvalue weighted by Gasteiger charge is 2.21. The lowest BCUT2D eigenvalue weighted by Crippen LogP contribution is -2.41. The monoisotopic (exact) mass is 359 g/mol. The first-order valence-electron chi connectivity index (χ1n) is 7.99. The highest BCUT2D eigenvalue weighted by Crippen LogP contribution is 2.20. The van der Waals surface area contributed by atoms with Gasteiger partial charge >= 0.3 is 6.09 Å². The van der Waals surface area contributed by atoms with Gasteiger partial charge in [0.2, 0.25) is 11.1 Å². The summed E-state index contributed by atoms with van der Waals surface area (Å²) >= 11 is 5.86. The van der Waals surface area contributed by atoms with Crippen LogP contribution in [0.1, 0.15) is 45.4 Å². The third-order valence-electron chi connectivity index (χ3n) is 3.28. The number of halogens is 1. The molecule has 0 saturated heterocycles. The number of hydrogen-bond acceptors (Lipinski definition) is 5. The maximum Gasteiger partial charge on any atom is 0.410 e. The number of aryl methyl sites for hydroxylation is 1. The van der Waals surface area contributed by atoms with Crippen LogP contribution in [-0.4, -0.2) is 47.3 Å². The molecule has 0 aliphatic heterocycles. The molecule has 1 rings (SSSR count). The Bertz CT molecular complexity index is 547. The van der Waals surface area contributed by atoms with E-state index in [1.54, 1.807) is 11.8 Å². The van der Waals surface area contributed by atoms with Crippen molar-refractivity contribution >= 4 is 23.6 Å². The summed E-state index contributed by atoms with van der Waals surface area (Å²) in [5.41, 5.74) is 0.898. The molecule has 136 valence electrons. The summed E-state index contributed by atoms with van der Waals surface area (Å²) in [6.07, 6.45) is 0.357. The van der Waals surface area contributed by atoms with Crippen molar-refractivity contribution in [1.29, 1.82) is 0 Å². The molecule has 1 N–H and O–H groups in total. The Kier molecular flexibility index (Phi) is 7.54. The Morgan fingerprint density at radius 1 is 1.38 bits per heavy atom. The predicted octanol–water partition coefficient (Wildman–Crippen LogP) is 2.94. The van der Waals surface area contributed by atoms with Crippen molar-refractivity contribution in [2.75, 3.05) is 19.6 Å². The van der Waals surface area contributed by atoms with Crippen molar-refractivity contribution < 1.29 is 18.8 Å². The molecule has 0 spiro atoms. The van der Waals surface area contributed by atoms with Crippen molar-refractivity contribution in [2.45, 2.75) is 53.1 Å². The van der Waals surface area contributed by atoms with Gasteiger partial charge in [-0.25, -0.2) is 4.79 Å². The van der Waals surface area contributed by atoms with Gasteiger partial charge in [0.25, 0.3) is 0 Å². The molecule has 0 fully saturated rings. The minimum absolute atomic E-state index is 0.119. The van der Waals surface area contributed by atoms with Crippen LogP contribution in [0.15, 0.2) is 4.52 Å². The number of nitrogens with one attached hydrogen (secondary N) is 1. The summed E-state index contributed by atoms with van der Waals surface area (Å²) in [4.78, 5) is 25.4. The van der Waals surface area contributed by atoms with E-state index >= 15 is 0 Å². The van der Waals surface area contributed by atoms with E-state index in [-0.39, 0.29) is 23.6 Å². The number of amides is 2. The van der Waals surface area contributed by atoms with Crippen LogP contribution >= 0.6 is 11.6 Å². The predicted molar refractivity (Wildman–Crippen MR) is 91.1 cm³/mol. The van der Waals surface area contributed by atoms with Crippen molar-refractivity contribution in [3.8, 4) is 0 Å². The highest BCUT2D eigenvalue weighted by atomic mass is 35.5. The maximum atomic E-state index is 12.0. The van der Waals surface area contributed by atoms with Gasteiger partial charge in [0.15, 0.2) is 0 Å². The number of carbonyl (C=O) groups excluding carboxylic acids is 2. The van der Waals surface area contributed by atoms with Crippen LogP contribution in [0.25, 0.3) is 0 Å². The summed E-state index contributed by atoms with van der Waals surface area (Å²) in [5.74, 6) is -0.119. The molecule has 0 bridgehead atoms. The largest absolute Gasteiger partial charge is 0.444 e. The Morgan fingerprint density at radius 3 is 2.54 bits per heavy atom. The van der Waals surface area contributed by atoms with Crippen molar-refractivity contribution in [3.05, 3.63) is 16.5 Å². The molecule has 0 radical (unpaired) electrons. The lowest BCUT2D eigenvalue weighted by Gasteiger charge is -2.26. The molecule has 0 saturated carbocycles. The van der Waals surface area contributed by atoms with Crippen LogP contribution in [0.2, 0.25) is 5.22 Å². The minimum Gasteiger partial charge on any atom is -0.444 e. The first-order valence-corrected chi connectivity index (χ1v) is 8.37. The third kappa shape index (κ3) is 6.78.